The van der Waals surface area contributed by atoms with E-state index >= 15 is 0 Å². The molecule has 2 aromatic carbocycles. The molecule has 0 aliphatic heterocycles. The number of fused-ring (bicyclic) bond motifs is 1. The first kappa shape index (κ1) is 17.5. The fourth-order valence-electron chi connectivity index (χ4n) is 2.54. The summed E-state index contributed by atoms with van der Waals surface area (Å²) in [5, 5.41) is 3.50. The number of nitrogens with zero attached hydrogens (tertiary/aromatic N) is 1. The van der Waals surface area contributed by atoms with Gasteiger partial charge in [0.1, 0.15) is 5.82 Å². The summed E-state index contributed by atoms with van der Waals surface area (Å²) in [5.74, 6) is -1.41. The van der Waals surface area contributed by atoms with E-state index in [2.05, 4.69) is 10.3 Å². The summed E-state index contributed by atoms with van der Waals surface area (Å²) in [7, 11) is 0. The van der Waals surface area contributed by atoms with Crippen LogP contribution in [0, 0.1) is 5.82 Å². The van der Waals surface area contributed by atoms with Gasteiger partial charge in [-0.3, -0.25) is 14.6 Å². The van der Waals surface area contributed by atoms with E-state index in [-0.39, 0.29) is 6.42 Å². The molecule has 0 aliphatic rings. The molecule has 0 spiro atoms. The van der Waals surface area contributed by atoms with E-state index in [0.29, 0.717) is 5.69 Å². The predicted molar refractivity (Wildman–Crippen MR) is 96.0 cm³/mol. The molecular weight excluding hydrogens is 335 g/mol. The number of amides is 1. The van der Waals surface area contributed by atoms with Crippen molar-refractivity contribution < 1.29 is 18.7 Å². The number of nitrogens with one attached hydrogen (secondary N) is 1. The van der Waals surface area contributed by atoms with E-state index < -0.39 is 23.8 Å². The van der Waals surface area contributed by atoms with E-state index in [1.165, 1.54) is 31.2 Å². The smallest absolute Gasteiger partial charge is 0.311 e. The standard InChI is InChI=1S/C20H17FN2O3/c1-13(20(25)23-17-9-7-16(21)8-10-17)26-18(24)12-15-5-2-4-14-6-3-11-22-19(14)15/h2-11,13H,12H2,1H3,(H,23,25)/t13-/m0/s1. The van der Waals surface area contributed by atoms with Crippen LogP contribution in [-0.2, 0) is 20.7 Å². The lowest BCUT2D eigenvalue weighted by atomic mass is 10.1. The quantitative estimate of drug-likeness (QED) is 0.714. The lowest BCUT2D eigenvalue weighted by Gasteiger charge is -2.14. The van der Waals surface area contributed by atoms with Crippen LogP contribution in [-0.4, -0.2) is 23.0 Å². The summed E-state index contributed by atoms with van der Waals surface area (Å²) in [4.78, 5) is 28.6. The number of pyridine rings is 1. The van der Waals surface area contributed by atoms with Crippen molar-refractivity contribution in [2.75, 3.05) is 5.32 Å². The van der Waals surface area contributed by atoms with E-state index in [1.54, 1.807) is 12.3 Å². The number of carbonyl (C=O) groups excluding carboxylic acids is 2. The average Bonchev–Trinajstić information content (AvgIpc) is 2.64. The first-order valence-corrected chi connectivity index (χ1v) is 8.11. The normalized spacial score (nSPS) is 11.8. The van der Waals surface area contributed by atoms with Gasteiger partial charge in [0.2, 0.25) is 0 Å². The summed E-state index contributed by atoms with van der Waals surface area (Å²) in [6.45, 7) is 1.48. The zero-order chi connectivity index (χ0) is 18.5. The SMILES string of the molecule is C[C@H](OC(=O)Cc1cccc2cccnc12)C(=O)Nc1ccc(F)cc1. The molecule has 1 N–H and O–H groups in total. The number of carbonyl (C=O) groups is 2. The highest BCUT2D eigenvalue weighted by atomic mass is 19.1. The van der Waals surface area contributed by atoms with Crippen LogP contribution in [0.5, 0.6) is 0 Å². The Balaban J connectivity index is 1.61. The summed E-state index contributed by atoms with van der Waals surface area (Å²) in [5.41, 5.74) is 1.90. The third-order valence-corrected chi connectivity index (χ3v) is 3.84. The minimum atomic E-state index is -0.976. The Morgan fingerprint density at radius 1 is 1.12 bits per heavy atom. The number of esters is 1. The van der Waals surface area contributed by atoms with E-state index in [0.717, 1.165) is 16.5 Å². The van der Waals surface area contributed by atoms with Crippen molar-refractivity contribution in [2.45, 2.75) is 19.4 Å². The molecule has 1 heterocycles. The van der Waals surface area contributed by atoms with Gasteiger partial charge in [0.25, 0.3) is 5.91 Å². The average molecular weight is 352 g/mol. The Morgan fingerprint density at radius 3 is 2.62 bits per heavy atom. The van der Waals surface area contributed by atoms with Gasteiger partial charge in [-0.05, 0) is 42.8 Å². The highest BCUT2D eigenvalue weighted by Gasteiger charge is 2.19. The molecule has 3 rings (SSSR count). The van der Waals surface area contributed by atoms with Crippen LogP contribution in [0.1, 0.15) is 12.5 Å². The number of benzene rings is 2. The Kier molecular flexibility index (Phi) is 5.22. The van der Waals surface area contributed by atoms with E-state index in [4.69, 9.17) is 4.74 Å². The fourth-order valence-corrected chi connectivity index (χ4v) is 2.54. The van der Waals surface area contributed by atoms with Gasteiger partial charge < -0.3 is 10.1 Å². The molecule has 1 aromatic heterocycles. The number of ether oxygens (including phenoxy) is 1. The molecule has 0 unspecified atom stereocenters. The third-order valence-electron chi connectivity index (χ3n) is 3.84. The number of aromatic nitrogens is 1. The largest absolute Gasteiger partial charge is 0.452 e. The first-order valence-electron chi connectivity index (χ1n) is 8.11. The number of rotatable bonds is 5. The Labute approximate surface area is 149 Å². The zero-order valence-corrected chi connectivity index (χ0v) is 14.1. The second kappa shape index (κ2) is 7.74. The topological polar surface area (TPSA) is 68.3 Å². The molecule has 0 bridgehead atoms. The molecule has 0 aliphatic carbocycles. The van der Waals surface area contributed by atoms with Gasteiger partial charge in [0, 0.05) is 17.3 Å². The van der Waals surface area contributed by atoms with Crippen LogP contribution in [0.4, 0.5) is 10.1 Å². The van der Waals surface area contributed by atoms with Crippen molar-refractivity contribution in [3.05, 3.63) is 72.2 Å². The van der Waals surface area contributed by atoms with Gasteiger partial charge in [0.05, 0.1) is 11.9 Å². The summed E-state index contributed by atoms with van der Waals surface area (Å²) >= 11 is 0. The molecular formula is C20H17FN2O3. The Bertz CT molecular complexity index is 936. The zero-order valence-electron chi connectivity index (χ0n) is 14.1. The second-order valence-corrected chi connectivity index (χ2v) is 5.80. The fraction of sp³-hybridized carbons (Fsp3) is 0.150. The molecule has 1 amide bonds. The van der Waals surface area contributed by atoms with Gasteiger partial charge >= 0.3 is 5.97 Å². The summed E-state index contributed by atoms with van der Waals surface area (Å²) in [6.07, 6.45) is 0.703. The minimum absolute atomic E-state index is 0.0164. The number of hydrogen-bond acceptors (Lipinski definition) is 4. The van der Waals surface area contributed by atoms with Crippen molar-refractivity contribution in [2.24, 2.45) is 0 Å². The van der Waals surface area contributed by atoms with Gasteiger partial charge in [0.15, 0.2) is 6.10 Å². The molecule has 1 atom stereocenters. The lowest BCUT2D eigenvalue weighted by Crippen LogP contribution is -2.30. The monoisotopic (exact) mass is 352 g/mol. The van der Waals surface area contributed by atoms with E-state index in [1.807, 2.05) is 24.3 Å². The number of anilines is 1. The summed E-state index contributed by atoms with van der Waals surface area (Å²) < 4.78 is 18.1. The maximum absolute atomic E-state index is 12.9. The highest BCUT2D eigenvalue weighted by molar-refractivity contribution is 5.95. The minimum Gasteiger partial charge on any atom is -0.452 e. The number of para-hydroxylation sites is 1. The van der Waals surface area contributed by atoms with Gasteiger partial charge in [-0.15, -0.1) is 0 Å². The first-order chi connectivity index (χ1) is 12.5. The van der Waals surface area contributed by atoms with Crippen molar-refractivity contribution >= 4 is 28.5 Å². The highest BCUT2D eigenvalue weighted by Crippen LogP contribution is 2.17. The maximum Gasteiger partial charge on any atom is 0.311 e. The lowest BCUT2D eigenvalue weighted by molar-refractivity contribution is -0.152. The Hall–Kier alpha value is -3.28. The molecule has 5 nitrogen and oxygen atoms in total. The third kappa shape index (κ3) is 4.22. The van der Waals surface area contributed by atoms with Crippen molar-refractivity contribution in [1.29, 1.82) is 0 Å². The van der Waals surface area contributed by atoms with Gasteiger partial charge in [-0.2, -0.15) is 0 Å². The summed E-state index contributed by atoms with van der Waals surface area (Å²) in [6, 6.07) is 14.6. The molecule has 132 valence electrons. The van der Waals surface area contributed by atoms with Crippen molar-refractivity contribution in [3.8, 4) is 0 Å². The molecule has 6 heteroatoms. The predicted octanol–water partition coefficient (Wildman–Crippen LogP) is 3.49. The number of hydrogen-bond donors (Lipinski definition) is 1. The van der Waals surface area contributed by atoms with Gasteiger partial charge in [-0.1, -0.05) is 24.3 Å². The van der Waals surface area contributed by atoms with E-state index in [9.17, 15) is 14.0 Å². The van der Waals surface area contributed by atoms with Crippen molar-refractivity contribution in [3.63, 3.8) is 0 Å². The van der Waals surface area contributed by atoms with Crippen LogP contribution in [0.15, 0.2) is 60.8 Å². The van der Waals surface area contributed by atoms with Crippen molar-refractivity contribution in [1.82, 2.24) is 4.98 Å². The van der Waals surface area contributed by atoms with Crippen LogP contribution >= 0.6 is 0 Å². The Morgan fingerprint density at radius 2 is 1.85 bits per heavy atom. The molecule has 0 radical (unpaired) electrons. The molecule has 0 fully saturated rings. The second-order valence-electron chi connectivity index (χ2n) is 5.80. The molecule has 3 aromatic rings. The van der Waals surface area contributed by atoms with Crippen LogP contribution in [0.2, 0.25) is 0 Å². The maximum atomic E-state index is 12.9. The molecule has 26 heavy (non-hydrogen) atoms. The number of halogens is 1. The molecule has 0 saturated heterocycles. The van der Waals surface area contributed by atoms with Crippen LogP contribution < -0.4 is 5.32 Å². The molecule has 0 saturated carbocycles. The van der Waals surface area contributed by atoms with Crippen LogP contribution in [0.3, 0.4) is 0 Å². The van der Waals surface area contributed by atoms with Crippen LogP contribution in [0.25, 0.3) is 10.9 Å². The van der Waals surface area contributed by atoms with Gasteiger partial charge in [-0.25, -0.2) is 4.39 Å².